The molecule has 0 saturated heterocycles. The van der Waals surface area contributed by atoms with Gasteiger partial charge in [-0.1, -0.05) is 158 Å². The van der Waals surface area contributed by atoms with E-state index in [0.29, 0.717) is 0 Å². The molecule has 0 aliphatic carbocycles. The number of hydrogen-bond acceptors (Lipinski definition) is 1. The van der Waals surface area contributed by atoms with Crippen LogP contribution in [-0.4, -0.2) is 0 Å². The molecule has 0 aromatic heterocycles. The molecule has 0 radical (unpaired) electrons. The quantitative estimate of drug-likeness (QED) is 0.185. The Morgan fingerprint density at radius 1 is 0.356 bits per heavy atom. The second-order valence-corrected chi connectivity index (χ2v) is 11.4. The van der Waals surface area contributed by atoms with Crippen molar-refractivity contribution in [3.05, 3.63) is 199 Å². The van der Waals surface area contributed by atoms with Crippen molar-refractivity contribution in [2.45, 2.75) is 0 Å². The lowest BCUT2D eigenvalue weighted by molar-refractivity contribution is 1.29. The standard InChI is InChI=1S/C44H31N/c1-3-13-33(14-4-1)34-25-27-36(28-26-34)42(35-15-5-2-6-16-35)31-32-23-29-37(30-24-32)45-43-21-11-9-19-40(43)38-17-7-8-18-39(38)41-20-10-12-22-44(41)45/h1-31H. The third kappa shape index (κ3) is 5.05. The predicted molar refractivity (Wildman–Crippen MR) is 191 cm³/mol. The van der Waals surface area contributed by atoms with Crippen LogP contribution in [0.1, 0.15) is 16.7 Å². The largest absolute Gasteiger partial charge is 0.309 e. The topological polar surface area (TPSA) is 3.24 Å². The minimum atomic E-state index is 1.13. The van der Waals surface area contributed by atoms with Crippen molar-refractivity contribution in [3.63, 3.8) is 0 Å². The highest BCUT2D eigenvalue weighted by molar-refractivity contribution is 6.02. The summed E-state index contributed by atoms with van der Waals surface area (Å²) in [5.74, 6) is 0. The Balaban J connectivity index is 1.21. The van der Waals surface area contributed by atoms with Crippen LogP contribution in [0.4, 0.5) is 17.1 Å². The van der Waals surface area contributed by atoms with Crippen molar-refractivity contribution in [3.8, 4) is 33.4 Å². The van der Waals surface area contributed by atoms with E-state index in [1.54, 1.807) is 0 Å². The summed E-state index contributed by atoms with van der Waals surface area (Å²) in [5.41, 5.74) is 15.7. The maximum Gasteiger partial charge on any atom is 0.0540 e. The van der Waals surface area contributed by atoms with Gasteiger partial charge in [-0.2, -0.15) is 0 Å². The summed E-state index contributed by atoms with van der Waals surface area (Å²) in [5, 5.41) is 0. The van der Waals surface area contributed by atoms with Crippen LogP contribution in [0.25, 0.3) is 45.0 Å². The van der Waals surface area contributed by atoms with E-state index in [1.165, 1.54) is 61.5 Å². The maximum atomic E-state index is 2.40. The van der Waals surface area contributed by atoms with Crippen molar-refractivity contribution in [1.82, 2.24) is 0 Å². The SMILES string of the molecule is C(=C(c1ccccc1)c1ccc(-c2ccccc2)cc1)c1ccc(N2c3ccccc3-c3ccccc3-c3ccccc32)cc1. The van der Waals surface area contributed by atoms with Gasteiger partial charge in [0.1, 0.15) is 0 Å². The minimum absolute atomic E-state index is 1.13. The molecule has 1 heterocycles. The van der Waals surface area contributed by atoms with E-state index in [4.69, 9.17) is 0 Å². The molecule has 7 aromatic carbocycles. The lowest BCUT2D eigenvalue weighted by Crippen LogP contribution is -2.10. The molecule has 1 heteroatoms. The smallest absolute Gasteiger partial charge is 0.0540 e. The molecule has 1 nitrogen and oxygen atoms in total. The average Bonchev–Trinajstić information content (AvgIpc) is 3.25. The Bertz CT molecular complexity index is 2060. The summed E-state index contributed by atoms with van der Waals surface area (Å²) in [6.45, 7) is 0. The number of hydrogen-bond donors (Lipinski definition) is 0. The number of anilines is 3. The minimum Gasteiger partial charge on any atom is -0.309 e. The predicted octanol–water partition coefficient (Wildman–Crippen LogP) is 12.1. The van der Waals surface area contributed by atoms with Crippen LogP contribution in [0.3, 0.4) is 0 Å². The highest BCUT2D eigenvalue weighted by atomic mass is 15.1. The Morgan fingerprint density at radius 2 is 0.800 bits per heavy atom. The van der Waals surface area contributed by atoms with E-state index in [9.17, 15) is 0 Å². The number of fused-ring (bicyclic) bond motifs is 5. The summed E-state index contributed by atoms with van der Waals surface area (Å²) in [4.78, 5) is 2.40. The average molecular weight is 574 g/mol. The van der Waals surface area contributed by atoms with Gasteiger partial charge in [0.15, 0.2) is 0 Å². The lowest BCUT2D eigenvalue weighted by Gasteiger charge is -2.27. The first-order valence-corrected chi connectivity index (χ1v) is 15.4. The molecule has 0 bridgehead atoms. The van der Waals surface area contributed by atoms with Crippen LogP contribution in [0, 0.1) is 0 Å². The lowest BCUT2D eigenvalue weighted by atomic mass is 9.94. The Hall–Kier alpha value is -5.92. The molecule has 0 saturated carbocycles. The number of para-hydroxylation sites is 2. The van der Waals surface area contributed by atoms with Gasteiger partial charge in [-0.05, 0) is 74.9 Å². The van der Waals surface area contributed by atoms with Gasteiger partial charge in [-0.25, -0.2) is 0 Å². The second kappa shape index (κ2) is 11.6. The summed E-state index contributed by atoms with van der Waals surface area (Å²) < 4.78 is 0. The first-order valence-electron chi connectivity index (χ1n) is 15.4. The summed E-state index contributed by atoms with van der Waals surface area (Å²) in [6.07, 6.45) is 2.30. The Labute approximate surface area is 265 Å². The van der Waals surface area contributed by atoms with Crippen LogP contribution in [0.2, 0.25) is 0 Å². The van der Waals surface area contributed by atoms with Gasteiger partial charge >= 0.3 is 0 Å². The highest BCUT2D eigenvalue weighted by Gasteiger charge is 2.25. The maximum absolute atomic E-state index is 2.40. The van der Waals surface area contributed by atoms with Gasteiger partial charge in [0.05, 0.1) is 11.4 Å². The van der Waals surface area contributed by atoms with Crippen molar-refractivity contribution < 1.29 is 0 Å². The molecule has 1 aliphatic heterocycles. The number of nitrogens with zero attached hydrogens (tertiary/aromatic N) is 1. The van der Waals surface area contributed by atoms with Crippen molar-refractivity contribution in [1.29, 1.82) is 0 Å². The van der Waals surface area contributed by atoms with Gasteiger partial charge in [-0.15, -0.1) is 0 Å². The highest BCUT2D eigenvalue weighted by Crippen LogP contribution is 2.50. The zero-order valence-corrected chi connectivity index (χ0v) is 24.8. The van der Waals surface area contributed by atoms with E-state index < -0.39 is 0 Å². The van der Waals surface area contributed by atoms with E-state index >= 15 is 0 Å². The van der Waals surface area contributed by atoms with Gasteiger partial charge in [-0.3, -0.25) is 0 Å². The first-order chi connectivity index (χ1) is 22.3. The summed E-state index contributed by atoms with van der Waals surface area (Å²) in [6, 6.07) is 65.3. The zero-order chi connectivity index (χ0) is 30.0. The molecule has 0 amide bonds. The van der Waals surface area contributed by atoms with Crippen LogP contribution >= 0.6 is 0 Å². The molecule has 0 N–H and O–H groups in total. The molecule has 1 aliphatic rings. The monoisotopic (exact) mass is 573 g/mol. The molecule has 0 spiro atoms. The van der Waals surface area contributed by atoms with Gasteiger partial charge in [0.2, 0.25) is 0 Å². The summed E-state index contributed by atoms with van der Waals surface area (Å²) in [7, 11) is 0. The number of benzene rings is 7. The van der Waals surface area contributed by atoms with Crippen molar-refractivity contribution in [2.24, 2.45) is 0 Å². The fourth-order valence-corrected chi connectivity index (χ4v) is 6.46. The fraction of sp³-hybridized carbons (Fsp3) is 0. The molecule has 0 fully saturated rings. The molecule has 0 atom stereocenters. The van der Waals surface area contributed by atoms with Crippen LogP contribution < -0.4 is 4.90 Å². The molecule has 212 valence electrons. The van der Waals surface area contributed by atoms with Gasteiger partial charge < -0.3 is 4.90 Å². The van der Waals surface area contributed by atoms with E-state index in [0.717, 1.165) is 11.3 Å². The summed E-state index contributed by atoms with van der Waals surface area (Å²) >= 11 is 0. The van der Waals surface area contributed by atoms with Crippen molar-refractivity contribution in [2.75, 3.05) is 4.90 Å². The molecule has 8 rings (SSSR count). The molecular formula is C44H31N. The molecule has 45 heavy (non-hydrogen) atoms. The van der Waals surface area contributed by atoms with Crippen LogP contribution in [0.15, 0.2) is 182 Å². The normalized spacial score (nSPS) is 12.1. The van der Waals surface area contributed by atoms with E-state index in [2.05, 4.69) is 193 Å². The Morgan fingerprint density at radius 3 is 1.38 bits per heavy atom. The third-order valence-corrected chi connectivity index (χ3v) is 8.65. The fourth-order valence-electron chi connectivity index (χ4n) is 6.46. The second-order valence-electron chi connectivity index (χ2n) is 11.4. The third-order valence-electron chi connectivity index (χ3n) is 8.65. The Kier molecular flexibility index (Phi) is 6.90. The number of rotatable bonds is 5. The van der Waals surface area contributed by atoms with E-state index in [-0.39, 0.29) is 0 Å². The van der Waals surface area contributed by atoms with Gasteiger partial charge in [0.25, 0.3) is 0 Å². The van der Waals surface area contributed by atoms with Crippen molar-refractivity contribution >= 4 is 28.7 Å². The van der Waals surface area contributed by atoms with Crippen LogP contribution in [0.5, 0.6) is 0 Å². The molecule has 7 aromatic rings. The van der Waals surface area contributed by atoms with E-state index in [1.807, 2.05) is 0 Å². The first kappa shape index (κ1) is 26.7. The zero-order valence-electron chi connectivity index (χ0n) is 24.8. The molecular weight excluding hydrogens is 542 g/mol. The van der Waals surface area contributed by atoms with Gasteiger partial charge in [0, 0.05) is 16.8 Å². The van der Waals surface area contributed by atoms with Crippen LogP contribution in [-0.2, 0) is 0 Å². The molecule has 0 unspecified atom stereocenters.